The molecule has 2 heterocycles. The first-order valence-corrected chi connectivity index (χ1v) is 8.83. The van der Waals surface area contributed by atoms with Crippen LogP contribution in [0.2, 0.25) is 0 Å². The molecule has 0 saturated carbocycles. The Balaban J connectivity index is 1.89. The van der Waals surface area contributed by atoms with Crippen molar-refractivity contribution in [2.75, 3.05) is 13.1 Å². The van der Waals surface area contributed by atoms with E-state index >= 15 is 0 Å². The Labute approximate surface area is 129 Å². The third kappa shape index (κ3) is 2.73. The quantitative estimate of drug-likeness (QED) is 0.670. The molecule has 2 fully saturated rings. The maximum atomic E-state index is 12.8. The number of hydrogen-bond donors (Lipinski definition) is 1. The monoisotopic (exact) mass is 325 g/mol. The number of rotatable bonds is 3. The minimum atomic E-state index is -3.60. The van der Waals surface area contributed by atoms with Crippen LogP contribution in [0.4, 0.5) is 5.69 Å². The van der Waals surface area contributed by atoms with Gasteiger partial charge in [-0.25, -0.2) is 8.42 Å². The van der Waals surface area contributed by atoms with Gasteiger partial charge in [-0.05, 0) is 38.3 Å². The van der Waals surface area contributed by atoms with Crippen molar-refractivity contribution >= 4 is 15.7 Å². The molecule has 2 bridgehead atoms. The summed E-state index contributed by atoms with van der Waals surface area (Å²) in [6, 6.07) is 4.61. The summed E-state index contributed by atoms with van der Waals surface area (Å²) in [6.07, 6.45) is 2.91. The predicted octanol–water partition coefficient (Wildman–Crippen LogP) is 1.42. The lowest BCUT2D eigenvalue weighted by molar-refractivity contribution is -0.385. The smallest absolute Gasteiger partial charge is 0.272 e. The highest BCUT2D eigenvalue weighted by molar-refractivity contribution is 7.89. The summed E-state index contributed by atoms with van der Waals surface area (Å²) in [7, 11) is -3.60. The average molecular weight is 325 g/mol. The number of sulfonamides is 1. The number of benzene rings is 1. The second-order valence-electron chi connectivity index (χ2n) is 5.99. The summed E-state index contributed by atoms with van der Waals surface area (Å²) in [5, 5.41) is 14.3. The van der Waals surface area contributed by atoms with Crippen molar-refractivity contribution < 1.29 is 13.3 Å². The number of nitrogens with zero attached hydrogens (tertiary/aromatic N) is 2. The Morgan fingerprint density at radius 3 is 2.68 bits per heavy atom. The molecule has 22 heavy (non-hydrogen) atoms. The van der Waals surface area contributed by atoms with Crippen LogP contribution in [0.1, 0.15) is 24.8 Å². The summed E-state index contributed by atoms with van der Waals surface area (Å²) in [5.74, 6) is 0. The van der Waals surface area contributed by atoms with Crippen LogP contribution in [0, 0.1) is 17.0 Å². The van der Waals surface area contributed by atoms with Gasteiger partial charge in [-0.15, -0.1) is 0 Å². The first kappa shape index (κ1) is 15.4. The van der Waals surface area contributed by atoms with Gasteiger partial charge in [0.2, 0.25) is 10.0 Å². The van der Waals surface area contributed by atoms with Crippen LogP contribution in [-0.4, -0.2) is 42.8 Å². The summed E-state index contributed by atoms with van der Waals surface area (Å²) in [5.41, 5.74) is 0.302. The Morgan fingerprint density at radius 1 is 1.27 bits per heavy atom. The summed E-state index contributed by atoms with van der Waals surface area (Å²) >= 11 is 0. The number of aryl methyl sites for hydroxylation is 1. The zero-order valence-electron chi connectivity index (χ0n) is 12.4. The molecule has 0 radical (unpaired) electrons. The van der Waals surface area contributed by atoms with Gasteiger partial charge in [0.1, 0.15) is 0 Å². The van der Waals surface area contributed by atoms with Crippen LogP contribution >= 0.6 is 0 Å². The summed E-state index contributed by atoms with van der Waals surface area (Å²) < 4.78 is 27.1. The minimum absolute atomic E-state index is 0.0597. The van der Waals surface area contributed by atoms with E-state index in [4.69, 9.17) is 0 Å². The second kappa shape index (κ2) is 5.60. The van der Waals surface area contributed by atoms with Crippen LogP contribution in [-0.2, 0) is 10.0 Å². The van der Waals surface area contributed by atoms with E-state index in [2.05, 4.69) is 5.32 Å². The Hall–Kier alpha value is -1.51. The molecule has 2 aliphatic rings. The molecule has 2 atom stereocenters. The molecule has 2 aliphatic heterocycles. The van der Waals surface area contributed by atoms with Crippen LogP contribution in [0.25, 0.3) is 0 Å². The molecule has 0 aromatic heterocycles. The largest absolute Gasteiger partial charge is 0.310 e. The van der Waals surface area contributed by atoms with Crippen molar-refractivity contribution in [1.29, 1.82) is 0 Å². The number of hydrogen-bond acceptors (Lipinski definition) is 5. The lowest BCUT2D eigenvalue weighted by atomic mass is 10.1. The van der Waals surface area contributed by atoms with Crippen molar-refractivity contribution in [2.24, 2.45) is 0 Å². The van der Waals surface area contributed by atoms with Crippen LogP contribution < -0.4 is 5.32 Å². The Bertz CT molecular complexity index is 704. The highest BCUT2D eigenvalue weighted by Crippen LogP contribution is 2.27. The number of nitro benzene ring substituents is 1. The first-order chi connectivity index (χ1) is 10.4. The average Bonchev–Trinajstić information content (AvgIpc) is 2.77. The molecule has 2 unspecified atom stereocenters. The van der Waals surface area contributed by atoms with Gasteiger partial charge in [0.25, 0.3) is 5.69 Å². The third-order valence-corrected chi connectivity index (χ3v) is 6.35. The van der Waals surface area contributed by atoms with Gasteiger partial charge in [-0.1, -0.05) is 0 Å². The molecule has 3 rings (SSSR count). The maximum absolute atomic E-state index is 12.8. The topological polar surface area (TPSA) is 92.6 Å². The molecule has 7 nitrogen and oxygen atoms in total. The molecular formula is C14H19N3O4S. The van der Waals surface area contributed by atoms with E-state index in [9.17, 15) is 18.5 Å². The molecular weight excluding hydrogens is 306 g/mol. The van der Waals surface area contributed by atoms with Crippen molar-refractivity contribution in [2.45, 2.75) is 43.2 Å². The van der Waals surface area contributed by atoms with Gasteiger partial charge in [0, 0.05) is 36.8 Å². The van der Waals surface area contributed by atoms with Gasteiger partial charge >= 0.3 is 0 Å². The van der Waals surface area contributed by atoms with E-state index in [0.29, 0.717) is 24.7 Å². The highest BCUT2D eigenvalue weighted by atomic mass is 32.2. The Kier molecular flexibility index (Phi) is 3.92. The standard InChI is InChI=1S/C14H19N3O4S/c1-10-8-13(4-5-14(10)17(18)19)22(20,21)16-7-6-11-2-3-12(9-16)15-11/h4-5,8,11-12,15H,2-3,6-7,9H2,1H3. The molecule has 0 aliphatic carbocycles. The van der Waals surface area contributed by atoms with E-state index in [1.54, 1.807) is 6.92 Å². The van der Waals surface area contributed by atoms with E-state index < -0.39 is 14.9 Å². The lowest BCUT2D eigenvalue weighted by Gasteiger charge is -2.23. The van der Waals surface area contributed by atoms with Crippen molar-refractivity contribution in [3.05, 3.63) is 33.9 Å². The van der Waals surface area contributed by atoms with Gasteiger partial charge in [-0.3, -0.25) is 10.1 Å². The molecule has 1 aromatic rings. The van der Waals surface area contributed by atoms with E-state index in [-0.39, 0.29) is 16.6 Å². The minimum Gasteiger partial charge on any atom is -0.310 e. The fourth-order valence-electron chi connectivity index (χ4n) is 3.27. The Morgan fingerprint density at radius 2 is 2.00 bits per heavy atom. The maximum Gasteiger partial charge on any atom is 0.272 e. The first-order valence-electron chi connectivity index (χ1n) is 7.39. The number of nitrogens with one attached hydrogen (secondary N) is 1. The highest BCUT2D eigenvalue weighted by Gasteiger charge is 2.35. The fourth-order valence-corrected chi connectivity index (χ4v) is 4.86. The lowest BCUT2D eigenvalue weighted by Crippen LogP contribution is -2.39. The predicted molar refractivity (Wildman–Crippen MR) is 81.2 cm³/mol. The summed E-state index contributed by atoms with van der Waals surface area (Å²) in [4.78, 5) is 10.5. The van der Waals surface area contributed by atoms with Crippen molar-refractivity contribution in [3.8, 4) is 0 Å². The summed E-state index contributed by atoms with van der Waals surface area (Å²) in [6.45, 7) is 2.52. The van der Waals surface area contributed by atoms with Gasteiger partial charge in [-0.2, -0.15) is 4.31 Å². The van der Waals surface area contributed by atoms with Crippen LogP contribution in [0.15, 0.2) is 23.1 Å². The van der Waals surface area contributed by atoms with Gasteiger partial charge in [0.05, 0.1) is 9.82 Å². The zero-order chi connectivity index (χ0) is 15.9. The van der Waals surface area contributed by atoms with Crippen LogP contribution in [0.3, 0.4) is 0 Å². The third-order valence-electron chi connectivity index (χ3n) is 4.49. The SMILES string of the molecule is Cc1cc(S(=O)(=O)N2CCC3CCC(C2)N3)ccc1[N+](=O)[O-]. The van der Waals surface area contributed by atoms with Crippen molar-refractivity contribution in [3.63, 3.8) is 0 Å². The second-order valence-corrected chi connectivity index (χ2v) is 7.93. The number of nitro groups is 1. The van der Waals surface area contributed by atoms with E-state index in [1.165, 1.54) is 22.5 Å². The molecule has 1 N–H and O–H groups in total. The molecule has 120 valence electrons. The molecule has 8 heteroatoms. The molecule has 0 amide bonds. The molecule has 0 spiro atoms. The van der Waals surface area contributed by atoms with E-state index in [0.717, 1.165) is 19.3 Å². The normalized spacial score (nSPS) is 25.9. The zero-order valence-corrected chi connectivity index (χ0v) is 13.2. The fraction of sp³-hybridized carbons (Fsp3) is 0.571. The molecule has 1 aromatic carbocycles. The van der Waals surface area contributed by atoms with Crippen LogP contribution in [0.5, 0.6) is 0 Å². The van der Waals surface area contributed by atoms with Gasteiger partial charge < -0.3 is 5.32 Å². The van der Waals surface area contributed by atoms with Crippen molar-refractivity contribution in [1.82, 2.24) is 9.62 Å². The number of fused-ring (bicyclic) bond motifs is 2. The van der Waals surface area contributed by atoms with E-state index in [1.807, 2.05) is 0 Å². The van der Waals surface area contributed by atoms with Gasteiger partial charge in [0.15, 0.2) is 0 Å². The molecule has 2 saturated heterocycles.